The summed E-state index contributed by atoms with van der Waals surface area (Å²) in [7, 11) is 0. The molecular weight excluding hydrogens is 427 g/mol. The van der Waals surface area contributed by atoms with E-state index in [2.05, 4.69) is 27.4 Å². The first-order chi connectivity index (χ1) is 13.8. The molecule has 2 aliphatic rings. The lowest BCUT2D eigenvalue weighted by Crippen LogP contribution is -2.29. The largest absolute Gasteiger partial charge is 0.337 e. The first-order valence-corrected chi connectivity index (χ1v) is 9.79. The number of halogens is 2. The molecule has 30 heavy (non-hydrogen) atoms. The van der Waals surface area contributed by atoms with Crippen molar-refractivity contribution in [2.75, 3.05) is 13.1 Å². The first kappa shape index (κ1) is 22.3. The van der Waals surface area contributed by atoms with Gasteiger partial charge in [0.1, 0.15) is 12.0 Å². The summed E-state index contributed by atoms with van der Waals surface area (Å²) >= 11 is 0. The van der Waals surface area contributed by atoms with E-state index in [-0.39, 0.29) is 36.8 Å². The zero-order chi connectivity index (χ0) is 19.1. The van der Waals surface area contributed by atoms with Crippen LogP contribution < -0.4 is 5.32 Å². The minimum atomic E-state index is -0.0300. The van der Waals surface area contributed by atoms with Gasteiger partial charge in [-0.2, -0.15) is 4.98 Å². The molecule has 10 heteroatoms. The highest BCUT2D eigenvalue weighted by atomic mass is 35.5. The van der Waals surface area contributed by atoms with Crippen LogP contribution in [0.25, 0.3) is 17.2 Å². The van der Waals surface area contributed by atoms with Crippen LogP contribution >= 0.6 is 24.8 Å². The summed E-state index contributed by atoms with van der Waals surface area (Å²) in [5, 5.41) is 7.42. The average Bonchev–Trinajstić information content (AvgIpc) is 3.44. The van der Waals surface area contributed by atoms with Gasteiger partial charge in [0.25, 0.3) is 5.91 Å². The SMILES string of the molecule is CCCNCc1nc(-c2ncn3c2[C@@H]2CCCN2C(=O)c2ccccc2-3)no1.Cl.Cl. The smallest absolute Gasteiger partial charge is 0.256 e. The Bertz CT molecular complexity index is 1030. The van der Waals surface area contributed by atoms with Crippen molar-refractivity contribution in [2.45, 2.75) is 38.8 Å². The van der Waals surface area contributed by atoms with Crippen molar-refractivity contribution in [1.29, 1.82) is 0 Å². The van der Waals surface area contributed by atoms with Gasteiger partial charge in [-0.15, -0.1) is 24.8 Å². The van der Waals surface area contributed by atoms with Gasteiger partial charge in [0, 0.05) is 6.54 Å². The van der Waals surface area contributed by atoms with Gasteiger partial charge >= 0.3 is 0 Å². The number of imidazole rings is 1. The van der Waals surface area contributed by atoms with Crippen LogP contribution in [0.5, 0.6) is 0 Å². The molecule has 2 aromatic heterocycles. The fourth-order valence-electron chi connectivity index (χ4n) is 4.15. The predicted molar refractivity (Wildman–Crippen MR) is 116 cm³/mol. The normalized spacial score (nSPS) is 16.8. The molecular formula is C20H24Cl2N6O2. The molecule has 0 spiro atoms. The Morgan fingerprint density at radius 2 is 2.10 bits per heavy atom. The Morgan fingerprint density at radius 1 is 1.27 bits per heavy atom. The van der Waals surface area contributed by atoms with Crippen molar-refractivity contribution in [3.05, 3.63) is 47.7 Å². The second-order valence-corrected chi connectivity index (χ2v) is 7.21. The van der Waals surface area contributed by atoms with Crippen molar-refractivity contribution in [3.63, 3.8) is 0 Å². The van der Waals surface area contributed by atoms with Gasteiger partial charge < -0.3 is 14.7 Å². The van der Waals surface area contributed by atoms with E-state index < -0.39 is 0 Å². The molecule has 0 unspecified atom stereocenters. The van der Waals surface area contributed by atoms with Gasteiger partial charge in [0.05, 0.1) is 29.5 Å². The fourth-order valence-corrected chi connectivity index (χ4v) is 4.15. The van der Waals surface area contributed by atoms with Crippen LogP contribution in [0.3, 0.4) is 0 Å². The van der Waals surface area contributed by atoms with Crippen LogP contribution in [-0.4, -0.2) is 43.6 Å². The number of benzene rings is 1. The van der Waals surface area contributed by atoms with Crippen LogP contribution in [-0.2, 0) is 6.54 Å². The lowest BCUT2D eigenvalue weighted by atomic mass is 10.1. The summed E-state index contributed by atoms with van der Waals surface area (Å²) in [5.41, 5.74) is 3.20. The lowest BCUT2D eigenvalue weighted by Gasteiger charge is -2.22. The fraction of sp³-hybridized carbons (Fsp3) is 0.400. The molecule has 160 valence electrons. The summed E-state index contributed by atoms with van der Waals surface area (Å²) in [6.07, 6.45) is 4.69. The maximum Gasteiger partial charge on any atom is 0.256 e. The summed E-state index contributed by atoms with van der Waals surface area (Å²) in [4.78, 5) is 24.2. The quantitative estimate of drug-likeness (QED) is 0.597. The Hall–Kier alpha value is -2.42. The summed E-state index contributed by atoms with van der Waals surface area (Å²) in [6.45, 7) is 4.29. The third-order valence-electron chi connectivity index (χ3n) is 5.41. The number of para-hydroxylation sites is 1. The molecule has 0 bridgehead atoms. The highest BCUT2D eigenvalue weighted by Crippen LogP contribution is 2.41. The third kappa shape index (κ3) is 3.59. The van der Waals surface area contributed by atoms with E-state index in [1.807, 2.05) is 33.7 Å². The molecule has 3 aromatic rings. The Morgan fingerprint density at radius 3 is 2.93 bits per heavy atom. The van der Waals surface area contributed by atoms with Gasteiger partial charge in [0.2, 0.25) is 11.7 Å². The molecule has 8 nitrogen and oxygen atoms in total. The molecule has 4 heterocycles. The standard InChI is InChI=1S/C20H22N6O2.2ClH/c1-2-9-21-11-16-23-19(24-28-16)17-18-15-8-5-10-25(15)20(27)13-6-3-4-7-14(13)26(18)12-22-17;;/h3-4,6-7,12,15,21H,2,5,8-11H2,1H3;2*1H/t15-;;/m0../s1. The Kier molecular flexibility index (Phi) is 6.80. The van der Waals surface area contributed by atoms with Crippen molar-refractivity contribution >= 4 is 30.7 Å². The number of nitrogens with one attached hydrogen (secondary N) is 1. The van der Waals surface area contributed by atoms with Gasteiger partial charge in [-0.3, -0.25) is 9.36 Å². The van der Waals surface area contributed by atoms with E-state index in [0.717, 1.165) is 43.7 Å². The molecule has 1 amide bonds. The van der Waals surface area contributed by atoms with Crippen molar-refractivity contribution in [1.82, 2.24) is 29.9 Å². The number of carbonyl (C=O) groups is 1. The van der Waals surface area contributed by atoms with Gasteiger partial charge in [0.15, 0.2) is 0 Å². The lowest BCUT2D eigenvalue weighted by molar-refractivity contribution is 0.0739. The zero-order valence-corrected chi connectivity index (χ0v) is 18.2. The molecule has 1 saturated heterocycles. The van der Waals surface area contributed by atoms with Crippen molar-refractivity contribution in [3.8, 4) is 17.2 Å². The van der Waals surface area contributed by atoms with Crippen LogP contribution in [0.1, 0.15) is 54.2 Å². The number of carbonyl (C=O) groups excluding carboxylic acids is 1. The predicted octanol–water partition coefficient (Wildman–Crippen LogP) is 3.56. The van der Waals surface area contributed by atoms with Crippen LogP contribution in [0.4, 0.5) is 0 Å². The second kappa shape index (κ2) is 9.16. The first-order valence-electron chi connectivity index (χ1n) is 9.79. The van der Waals surface area contributed by atoms with Crippen LogP contribution in [0, 0.1) is 0 Å². The van der Waals surface area contributed by atoms with E-state index in [1.165, 1.54) is 0 Å². The maximum atomic E-state index is 13.1. The molecule has 1 fully saturated rings. The number of amides is 1. The minimum Gasteiger partial charge on any atom is -0.337 e. The summed E-state index contributed by atoms with van der Waals surface area (Å²) in [6, 6.07) is 7.66. The van der Waals surface area contributed by atoms with E-state index in [9.17, 15) is 4.79 Å². The van der Waals surface area contributed by atoms with Gasteiger partial charge in [-0.1, -0.05) is 24.2 Å². The molecule has 0 aliphatic carbocycles. The average molecular weight is 451 g/mol. The van der Waals surface area contributed by atoms with Gasteiger partial charge in [-0.05, 0) is 37.9 Å². The third-order valence-corrected chi connectivity index (χ3v) is 5.41. The van der Waals surface area contributed by atoms with E-state index in [1.54, 1.807) is 6.33 Å². The van der Waals surface area contributed by atoms with Crippen molar-refractivity contribution < 1.29 is 9.32 Å². The van der Waals surface area contributed by atoms with Crippen molar-refractivity contribution in [2.24, 2.45) is 0 Å². The number of hydrogen-bond donors (Lipinski definition) is 1. The Labute approximate surface area is 186 Å². The molecule has 5 rings (SSSR count). The highest BCUT2D eigenvalue weighted by molar-refractivity contribution is 5.99. The molecule has 1 aromatic carbocycles. The zero-order valence-electron chi connectivity index (χ0n) is 16.6. The number of nitrogens with zero attached hydrogens (tertiary/aromatic N) is 5. The second-order valence-electron chi connectivity index (χ2n) is 7.21. The van der Waals surface area contributed by atoms with E-state index in [0.29, 0.717) is 29.5 Å². The minimum absolute atomic E-state index is 0. The summed E-state index contributed by atoms with van der Waals surface area (Å²) in [5.74, 6) is 1.09. The number of hydrogen-bond acceptors (Lipinski definition) is 6. The molecule has 1 N–H and O–H groups in total. The molecule has 0 radical (unpaired) electrons. The van der Waals surface area contributed by atoms with E-state index in [4.69, 9.17) is 4.52 Å². The number of fused-ring (bicyclic) bond motifs is 5. The van der Waals surface area contributed by atoms with E-state index >= 15 is 0 Å². The topological polar surface area (TPSA) is 89.1 Å². The number of rotatable bonds is 5. The highest BCUT2D eigenvalue weighted by Gasteiger charge is 2.39. The van der Waals surface area contributed by atoms with Gasteiger partial charge in [-0.25, -0.2) is 4.98 Å². The summed E-state index contributed by atoms with van der Waals surface area (Å²) < 4.78 is 7.42. The monoisotopic (exact) mass is 450 g/mol. The van der Waals surface area contributed by atoms with Crippen LogP contribution in [0.15, 0.2) is 35.1 Å². The number of aromatic nitrogens is 4. The maximum absolute atomic E-state index is 13.1. The van der Waals surface area contributed by atoms with Crippen LogP contribution in [0.2, 0.25) is 0 Å². The molecule has 0 saturated carbocycles. The Balaban J connectivity index is 0.00000128. The molecule has 2 aliphatic heterocycles. The molecule has 1 atom stereocenters.